The van der Waals surface area contributed by atoms with Crippen molar-refractivity contribution in [1.82, 2.24) is 0 Å². The minimum absolute atomic E-state index is 0.201. The Hall–Kier alpha value is 0.531. The molecule has 0 spiro atoms. The summed E-state index contributed by atoms with van der Waals surface area (Å²) in [5.74, 6) is 0. The van der Waals surface area contributed by atoms with Crippen LogP contribution < -0.4 is 0 Å². The van der Waals surface area contributed by atoms with Crippen molar-refractivity contribution in [1.29, 1.82) is 0 Å². The van der Waals surface area contributed by atoms with Crippen LogP contribution in [0.5, 0.6) is 0 Å². The Labute approximate surface area is 80.8 Å². The van der Waals surface area contributed by atoms with E-state index in [1.54, 1.807) is 0 Å². The van der Waals surface area contributed by atoms with Crippen molar-refractivity contribution in [3.05, 3.63) is 0 Å². The Morgan fingerprint density at radius 2 is 1.75 bits per heavy atom. The van der Waals surface area contributed by atoms with Crippen molar-refractivity contribution in [3.63, 3.8) is 0 Å². The fourth-order valence-electron chi connectivity index (χ4n) is 0.288. The minimum atomic E-state index is -1.69. The summed E-state index contributed by atoms with van der Waals surface area (Å²) in [4.78, 5) is 0. The van der Waals surface area contributed by atoms with Crippen molar-refractivity contribution < 1.29 is 12.3 Å². The quantitative estimate of drug-likeness (QED) is 0.517. The molecule has 0 bridgehead atoms. The third-order valence-corrected chi connectivity index (χ3v) is 7.75. The van der Waals surface area contributed by atoms with E-state index in [1.165, 1.54) is 0 Å². The van der Waals surface area contributed by atoms with Gasteiger partial charge in [0.05, 0.1) is 0 Å². The summed E-state index contributed by atoms with van der Waals surface area (Å²) in [5.41, 5.74) is 0. The second kappa shape index (κ2) is 5.30. The molecule has 0 heterocycles. The Balaban J connectivity index is 3.61. The molecule has 0 unspecified atom stereocenters. The van der Waals surface area contributed by atoms with Crippen LogP contribution in [-0.2, 0) is 12.3 Å². The normalized spacial score (nSPS) is 13.0. The molecule has 0 aliphatic heterocycles. The average molecular weight is 222 g/mol. The molecule has 0 aliphatic carbocycles. The van der Waals surface area contributed by atoms with E-state index in [0.29, 0.717) is 0 Å². The van der Waals surface area contributed by atoms with Gasteiger partial charge in [0.15, 0.2) is 9.04 Å². The average Bonchev–Trinajstić information content (AvgIpc) is 1.85. The standard InChI is InChI=1S/C6H18O3Si3/c1-9(2)12(5,6)8-10-7-11(3)4/h1-6H3/q+1. The lowest BCUT2D eigenvalue weighted by molar-refractivity contribution is 0.0682. The second-order valence-electron chi connectivity index (χ2n) is 3.41. The maximum absolute atomic E-state index is 5.66. The molecule has 0 fully saturated rings. The van der Waals surface area contributed by atoms with Crippen LogP contribution in [0.25, 0.3) is 0 Å². The van der Waals surface area contributed by atoms with Crippen molar-refractivity contribution >= 4 is 27.6 Å². The summed E-state index contributed by atoms with van der Waals surface area (Å²) in [5, 5.41) is 0. The van der Waals surface area contributed by atoms with E-state index in [1.807, 2.05) is 14.2 Å². The molecule has 0 aromatic heterocycles. The lowest BCUT2D eigenvalue weighted by Crippen LogP contribution is -2.43. The molecular weight excluding hydrogens is 204 g/mol. The van der Waals surface area contributed by atoms with Crippen LogP contribution in [0.15, 0.2) is 0 Å². The van der Waals surface area contributed by atoms with Gasteiger partial charge in [-0.1, -0.05) is 0 Å². The maximum Gasteiger partial charge on any atom is 0.529 e. The molecule has 0 rings (SSSR count). The zero-order valence-electron chi connectivity index (χ0n) is 8.72. The maximum atomic E-state index is 5.66. The van der Waals surface area contributed by atoms with E-state index >= 15 is 0 Å². The monoisotopic (exact) mass is 222 g/mol. The van der Waals surface area contributed by atoms with E-state index in [4.69, 9.17) is 8.23 Å². The second-order valence-corrected chi connectivity index (χ2v) is 10.6. The number of rotatable bonds is 5. The molecule has 0 saturated carbocycles. The van der Waals surface area contributed by atoms with Crippen LogP contribution in [-0.4, -0.2) is 41.8 Å². The first kappa shape index (κ1) is 12.5. The highest BCUT2D eigenvalue weighted by Gasteiger charge is 2.38. The molecule has 6 heteroatoms. The molecule has 3 nitrogen and oxygen atoms in total. The SMILES string of the molecule is C[O+](C)[Si](C)(C)O[Si]O[Si](C)C. The van der Waals surface area contributed by atoms with Gasteiger partial charge in [-0.05, 0) is 13.1 Å². The summed E-state index contributed by atoms with van der Waals surface area (Å²) in [6.45, 7) is 8.48. The van der Waals surface area contributed by atoms with Gasteiger partial charge in [-0.2, -0.15) is 0 Å². The third-order valence-electron chi connectivity index (χ3n) is 1.52. The van der Waals surface area contributed by atoms with Crippen LogP contribution >= 0.6 is 0 Å². The highest BCUT2D eigenvalue weighted by molar-refractivity contribution is 6.70. The van der Waals surface area contributed by atoms with Crippen LogP contribution in [0.3, 0.4) is 0 Å². The van der Waals surface area contributed by atoms with Crippen molar-refractivity contribution in [3.8, 4) is 0 Å². The Morgan fingerprint density at radius 1 is 1.25 bits per heavy atom. The molecule has 12 heavy (non-hydrogen) atoms. The van der Waals surface area contributed by atoms with E-state index < -0.39 is 17.6 Å². The minimum Gasteiger partial charge on any atom is -0.504 e. The summed E-state index contributed by atoms with van der Waals surface area (Å²) >= 11 is 0. The lowest BCUT2D eigenvalue weighted by Gasteiger charge is -2.24. The van der Waals surface area contributed by atoms with Gasteiger partial charge in [0, 0.05) is 13.1 Å². The Kier molecular flexibility index (Phi) is 5.54. The summed E-state index contributed by atoms with van der Waals surface area (Å²) in [7, 11) is 1.85. The predicted octanol–water partition coefficient (Wildman–Crippen LogP) is 1.32. The first-order valence-electron chi connectivity index (χ1n) is 3.84. The van der Waals surface area contributed by atoms with Gasteiger partial charge >= 0.3 is 18.6 Å². The highest BCUT2D eigenvalue weighted by Crippen LogP contribution is 2.10. The van der Waals surface area contributed by atoms with Gasteiger partial charge in [0.1, 0.15) is 14.2 Å². The number of hydrogen-bond acceptors (Lipinski definition) is 2. The molecule has 0 saturated heterocycles. The first-order chi connectivity index (χ1) is 5.36. The fourth-order valence-corrected chi connectivity index (χ4v) is 2.97. The molecule has 0 aromatic rings. The van der Waals surface area contributed by atoms with Gasteiger partial charge in [0.2, 0.25) is 0 Å². The van der Waals surface area contributed by atoms with Crippen molar-refractivity contribution in [2.75, 3.05) is 14.2 Å². The van der Waals surface area contributed by atoms with E-state index in [-0.39, 0.29) is 10.0 Å². The molecule has 0 atom stereocenters. The summed E-state index contributed by atoms with van der Waals surface area (Å²) in [6, 6.07) is 0. The highest BCUT2D eigenvalue weighted by atomic mass is 28.4. The van der Waals surface area contributed by atoms with Gasteiger partial charge in [0.25, 0.3) is 0 Å². The molecule has 3 radical (unpaired) electrons. The Bertz CT molecular complexity index is 127. The van der Waals surface area contributed by atoms with Gasteiger partial charge < -0.3 is 12.3 Å². The van der Waals surface area contributed by atoms with Gasteiger partial charge in [-0.25, -0.2) is 0 Å². The molecule has 0 N–H and O–H groups in total. The summed E-state index contributed by atoms with van der Waals surface area (Å²) < 4.78 is 14.0. The van der Waals surface area contributed by atoms with Crippen LogP contribution in [0.1, 0.15) is 0 Å². The number of hydrogen-bond donors (Lipinski definition) is 0. The molecule has 0 amide bonds. The zero-order chi connectivity index (χ0) is 9.78. The molecule has 71 valence electrons. The predicted molar refractivity (Wildman–Crippen MR) is 55.8 cm³/mol. The lowest BCUT2D eigenvalue weighted by atomic mass is 11.6. The van der Waals surface area contributed by atoms with Crippen LogP contribution in [0.2, 0.25) is 26.2 Å². The molecule has 0 aliphatic rings. The van der Waals surface area contributed by atoms with Crippen molar-refractivity contribution in [2.24, 2.45) is 0 Å². The van der Waals surface area contributed by atoms with E-state index in [9.17, 15) is 0 Å². The summed E-state index contributed by atoms with van der Waals surface area (Å²) in [6.07, 6.45) is 0. The van der Waals surface area contributed by atoms with Gasteiger partial charge in [-0.3, -0.25) is 0 Å². The topological polar surface area (TPSA) is 21.2 Å². The molecular formula is C6H18O3Si3+. The van der Waals surface area contributed by atoms with E-state index in [2.05, 4.69) is 30.2 Å². The third kappa shape index (κ3) is 5.22. The molecule has 0 aromatic carbocycles. The first-order valence-corrected chi connectivity index (χ1v) is 9.88. The van der Waals surface area contributed by atoms with Crippen molar-refractivity contribution in [2.45, 2.75) is 26.2 Å². The zero-order valence-corrected chi connectivity index (χ0v) is 11.7. The van der Waals surface area contributed by atoms with E-state index in [0.717, 1.165) is 0 Å². The van der Waals surface area contributed by atoms with Gasteiger partial charge in [-0.15, -0.1) is 0 Å². The van der Waals surface area contributed by atoms with Crippen LogP contribution in [0, 0.1) is 0 Å². The largest absolute Gasteiger partial charge is 0.529 e. The Morgan fingerprint density at radius 3 is 2.08 bits per heavy atom. The fraction of sp³-hybridized carbons (Fsp3) is 1.00. The van der Waals surface area contributed by atoms with Crippen LogP contribution in [0.4, 0.5) is 0 Å². The smallest absolute Gasteiger partial charge is 0.504 e.